The highest BCUT2D eigenvalue weighted by molar-refractivity contribution is 6.08. The lowest BCUT2D eigenvalue weighted by molar-refractivity contribution is -0.138. The normalized spacial score (nSPS) is 16.5. The standard InChI is InChI=1S/C16H15NO4/c1-21-11-4-2-3-10(9-11)15(18)14-6-5-13-12(16(19)20)7-8-17(13)14/h2-6,9,12H,7-8H2,1H3,(H,19,20). The minimum absolute atomic E-state index is 0.119. The van der Waals surface area contributed by atoms with Crippen molar-refractivity contribution in [3.63, 3.8) is 0 Å². The van der Waals surface area contributed by atoms with E-state index in [1.165, 1.54) is 0 Å². The van der Waals surface area contributed by atoms with Crippen LogP contribution in [0.3, 0.4) is 0 Å². The summed E-state index contributed by atoms with van der Waals surface area (Å²) in [7, 11) is 1.55. The molecule has 1 aliphatic rings. The Labute approximate surface area is 121 Å². The Morgan fingerprint density at radius 3 is 2.81 bits per heavy atom. The number of rotatable bonds is 4. The molecule has 0 spiro atoms. The molecule has 0 saturated carbocycles. The van der Waals surface area contributed by atoms with Crippen molar-refractivity contribution < 1.29 is 19.4 Å². The van der Waals surface area contributed by atoms with E-state index >= 15 is 0 Å². The molecule has 0 amide bonds. The maximum atomic E-state index is 12.6. The number of carboxylic acids is 1. The first-order valence-corrected chi connectivity index (χ1v) is 6.73. The lowest BCUT2D eigenvalue weighted by Crippen LogP contribution is -2.10. The zero-order valence-corrected chi connectivity index (χ0v) is 11.6. The van der Waals surface area contributed by atoms with Gasteiger partial charge < -0.3 is 14.4 Å². The Balaban J connectivity index is 1.97. The molecule has 0 saturated heterocycles. The van der Waals surface area contributed by atoms with Crippen molar-refractivity contribution in [1.82, 2.24) is 4.57 Å². The molecule has 1 atom stereocenters. The maximum Gasteiger partial charge on any atom is 0.312 e. The zero-order chi connectivity index (χ0) is 15.0. The Morgan fingerprint density at radius 1 is 1.29 bits per heavy atom. The molecule has 2 aromatic rings. The van der Waals surface area contributed by atoms with E-state index in [1.807, 2.05) is 0 Å². The zero-order valence-electron chi connectivity index (χ0n) is 11.6. The number of carboxylic acid groups (broad SMARTS) is 1. The lowest BCUT2D eigenvalue weighted by Gasteiger charge is -2.07. The van der Waals surface area contributed by atoms with Crippen LogP contribution in [0.4, 0.5) is 0 Å². The Morgan fingerprint density at radius 2 is 2.10 bits per heavy atom. The molecule has 5 nitrogen and oxygen atoms in total. The van der Waals surface area contributed by atoms with E-state index in [2.05, 4.69) is 0 Å². The number of hydrogen-bond acceptors (Lipinski definition) is 3. The fraction of sp³-hybridized carbons (Fsp3) is 0.250. The van der Waals surface area contributed by atoms with Crippen molar-refractivity contribution in [1.29, 1.82) is 0 Å². The number of fused-ring (bicyclic) bond motifs is 1. The van der Waals surface area contributed by atoms with Crippen molar-refractivity contribution in [2.24, 2.45) is 0 Å². The molecule has 1 aromatic carbocycles. The molecule has 0 radical (unpaired) electrons. The van der Waals surface area contributed by atoms with Gasteiger partial charge in [0.2, 0.25) is 5.78 Å². The van der Waals surface area contributed by atoms with Gasteiger partial charge in [0.25, 0.3) is 0 Å². The molecule has 2 heterocycles. The van der Waals surface area contributed by atoms with Crippen molar-refractivity contribution >= 4 is 11.8 Å². The van der Waals surface area contributed by atoms with E-state index in [1.54, 1.807) is 48.1 Å². The fourth-order valence-electron chi connectivity index (χ4n) is 2.80. The van der Waals surface area contributed by atoms with Crippen molar-refractivity contribution in [2.75, 3.05) is 7.11 Å². The van der Waals surface area contributed by atoms with Gasteiger partial charge in [0, 0.05) is 17.8 Å². The van der Waals surface area contributed by atoms with Crippen LogP contribution >= 0.6 is 0 Å². The largest absolute Gasteiger partial charge is 0.497 e. The first-order chi connectivity index (χ1) is 10.1. The SMILES string of the molecule is COc1cccc(C(=O)c2ccc3n2CCC3C(=O)O)c1. The Hall–Kier alpha value is -2.56. The average molecular weight is 285 g/mol. The summed E-state index contributed by atoms with van der Waals surface area (Å²) in [6.07, 6.45) is 0.532. The minimum Gasteiger partial charge on any atom is -0.497 e. The fourth-order valence-corrected chi connectivity index (χ4v) is 2.80. The summed E-state index contributed by atoms with van der Waals surface area (Å²) in [6, 6.07) is 10.4. The molecule has 21 heavy (non-hydrogen) atoms. The second kappa shape index (κ2) is 5.09. The van der Waals surface area contributed by atoms with Gasteiger partial charge in [-0.3, -0.25) is 9.59 Å². The van der Waals surface area contributed by atoms with Gasteiger partial charge in [-0.25, -0.2) is 0 Å². The summed E-state index contributed by atoms with van der Waals surface area (Å²) < 4.78 is 6.93. The number of ether oxygens (including phenoxy) is 1. The van der Waals surface area contributed by atoms with Crippen LogP contribution in [0.1, 0.15) is 34.1 Å². The number of aromatic nitrogens is 1. The summed E-state index contributed by atoms with van der Waals surface area (Å²) in [5.41, 5.74) is 1.77. The summed E-state index contributed by atoms with van der Waals surface area (Å²) >= 11 is 0. The monoisotopic (exact) mass is 285 g/mol. The van der Waals surface area contributed by atoms with Crippen LogP contribution in [-0.4, -0.2) is 28.5 Å². The van der Waals surface area contributed by atoms with Crippen LogP contribution in [-0.2, 0) is 11.3 Å². The Kier molecular flexibility index (Phi) is 3.25. The lowest BCUT2D eigenvalue weighted by atomic mass is 10.1. The van der Waals surface area contributed by atoms with E-state index in [4.69, 9.17) is 4.74 Å². The third kappa shape index (κ3) is 2.20. The molecule has 1 N–H and O–H groups in total. The number of carbonyl (C=O) groups excluding carboxylic acids is 1. The predicted octanol–water partition coefficient (Wildman–Crippen LogP) is 2.30. The molecule has 3 rings (SSSR count). The summed E-state index contributed by atoms with van der Waals surface area (Å²) in [5, 5.41) is 9.18. The van der Waals surface area contributed by atoms with Gasteiger partial charge in [0.1, 0.15) is 5.75 Å². The number of benzene rings is 1. The number of hydrogen-bond donors (Lipinski definition) is 1. The third-order valence-electron chi connectivity index (χ3n) is 3.88. The molecule has 5 heteroatoms. The van der Waals surface area contributed by atoms with Gasteiger partial charge in [-0.05, 0) is 30.7 Å². The number of methoxy groups -OCH3 is 1. The van der Waals surface area contributed by atoms with Crippen molar-refractivity contribution in [2.45, 2.75) is 18.9 Å². The highest BCUT2D eigenvalue weighted by Gasteiger charge is 2.31. The predicted molar refractivity (Wildman–Crippen MR) is 75.9 cm³/mol. The summed E-state index contributed by atoms with van der Waals surface area (Å²) in [6.45, 7) is 0.560. The van der Waals surface area contributed by atoms with Crippen LogP contribution in [0.15, 0.2) is 36.4 Å². The number of aliphatic carboxylic acids is 1. The molecular weight excluding hydrogens is 270 g/mol. The molecule has 108 valence electrons. The molecular formula is C16H15NO4. The quantitative estimate of drug-likeness (QED) is 0.875. The smallest absolute Gasteiger partial charge is 0.312 e. The van der Waals surface area contributed by atoms with Crippen LogP contribution in [0.25, 0.3) is 0 Å². The van der Waals surface area contributed by atoms with E-state index in [-0.39, 0.29) is 5.78 Å². The van der Waals surface area contributed by atoms with Crippen LogP contribution in [0.5, 0.6) is 5.75 Å². The topological polar surface area (TPSA) is 68.5 Å². The molecule has 0 aliphatic carbocycles. The number of nitrogens with zero attached hydrogens (tertiary/aromatic N) is 1. The molecule has 1 unspecified atom stereocenters. The van der Waals surface area contributed by atoms with E-state index in [9.17, 15) is 14.7 Å². The van der Waals surface area contributed by atoms with E-state index in [0.717, 1.165) is 0 Å². The Bertz CT molecular complexity index is 717. The van der Waals surface area contributed by atoms with Crippen molar-refractivity contribution in [3.8, 4) is 5.75 Å². The number of ketones is 1. The van der Waals surface area contributed by atoms with Gasteiger partial charge in [0.15, 0.2) is 0 Å². The van der Waals surface area contributed by atoms with Crippen molar-refractivity contribution in [3.05, 3.63) is 53.3 Å². The average Bonchev–Trinajstić information content (AvgIpc) is 3.07. The second-order valence-corrected chi connectivity index (χ2v) is 5.04. The van der Waals surface area contributed by atoms with E-state index < -0.39 is 11.9 Å². The van der Waals surface area contributed by atoms with Gasteiger partial charge in [-0.2, -0.15) is 0 Å². The summed E-state index contributed by atoms with van der Waals surface area (Å²) in [5.74, 6) is -0.854. The minimum atomic E-state index is -0.841. The molecule has 0 bridgehead atoms. The van der Waals surface area contributed by atoms with Crippen LogP contribution in [0, 0.1) is 0 Å². The molecule has 0 fully saturated rings. The van der Waals surface area contributed by atoms with Crippen LogP contribution < -0.4 is 4.74 Å². The van der Waals surface area contributed by atoms with Gasteiger partial charge in [-0.15, -0.1) is 0 Å². The number of carbonyl (C=O) groups is 2. The molecule has 1 aliphatic heterocycles. The summed E-state index contributed by atoms with van der Waals surface area (Å²) in [4.78, 5) is 23.8. The third-order valence-corrected chi connectivity index (χ3v) is 3.88. The van der Waals surface area contributed by atoms with E-state index in [0.29, 0.717) is 35.7 Å². The van der Waals surface area contributed by atoms with Crippen LogP contribution in [0.2, 0.25) is 0 Å². The first kappa shape index (κ1) is 13.4. The van der Waals surface area contributed by atoms with Gasteiger partial charge in [0.05, 0.1) is 18.7 Å². The first-order valence-electron chi connectivity index (χ1n) is 6.73. The second-order valence-electron chi connectivity index (χ2n) is 5.04. The maximum absolute atomic E-state index is 12.6. The van der Waals surface area contributed by atoms with Gasteiger partial charge >= 0.3 is 5.97 Å². The highest BCUT2D eigenvalue weighted by atomic mass is 16.5. The van der Waals surface area contributed by atoms with Gasteiger partial charge in [-0.1, -0.05) is 12.1 Å². The molecule has 1 aromatic heterocycles. The highest BCUT2D eigenvalue weighted by Crippen LogP contribution is 2.31.